The van der Waals surface area contributed by atoms with Crippen LogP contribution in [0.2, 0.25) is 0 Å². The van der Waals surface area contributed by atoms with E-state index in [1.807, 2.05) is 0 Å². The lowest BCUT2D eigenvalue weighted by Crippen LogP contribution is -2.21. The average molecular weight is 466 g/mol. The number of hydrogen-bond donors (Lipinski definition) is 0. The highest BCUT2D eigenvalue weighted by Crippen LogP contribution is 2.41. The van der Waals surface area contributed by atoms with Crippen LogP contribution < -0.4 is 0 Å². The summed E-state index contributed by atoms with van der Waals surface area (Å²) in [5.74, 6) is -23.5. The quantitative estimate of drug-likeness (QED) is 0.273. The second kappa shape index (κ2) is 8.94. The summed E-state index contributed by atoms with van der Waals surface area (Å²) in [6, 6.07) is 0. The van der Waals surface area contributed by atoms with Crippen LogP contribution in [0.1, 0.15) is 48.3 Å². The Kier molecular flexibility index (Phi) is 7.20. The summed E-state index contributed by atoms with van der Waals surface area (Å²) in [6.45, 7) is 2.26. The van der Waals surface area contributed by atoms with Gasteiger partial charge in [-0.05, 0) is 12.8 Å². The molecule has 0 heterocycles. The van der Waals surface area contributed by atoms with Crippen LogP contribution >= 0.6 is 0 Å². The molecule has 0 aliphatic carbocycles. The Labute approximate surface area is 166 Å². The zero-order valence-electron chi connectivity index (χ0n) is 15.2. The number of benzene rings is 2. The summed E-state index contributed by atoms with van der Waals surface area (Å²) in [4.78, 5) is 0. The lowest BCUT2D eigenvalue weighted by atomic mass is 10.1. The van der Waals surface area contributed by atoms with Gasteiger partial charge >= 0.3 is 0 Å². The zero-order valence-corrected chi connectivity index (χ0v) is 16.0. The largest absolute Gasteiger partial charge is 0.258 e. The summed E-state index contributed by atoms with van der Waals surface area (Å²) in [5.41, 5.74) is -3.01. The summed E-state index contributed by atoms with van der Waals surface area (Å²) >= 11 is 0. The van der Waals surface area contributed by atoms with Crippen molar-refractivity contribution in [3.63, 3.8) is 0 Å². The maximum Gasteiger partial charge on any atom is 0.200 e. The fourth-order valence-electron chi connectivity index (χ4n) is 2.98. The Morgan fingerprint density at radius 3 is 0.900 bits per heavy atom. The lowest BCUT2D eigenvalue weighted by Gasteiger charge is -2.24. The van der Waals surface area contributed by atoms with Gasteiger partial charge in [0.15, 0.2) is 46.5 Å². The first-order valence-corrected chi connectivity index (χ1v) is 9.61. The number of rotatable bonds is 6. The highest BCUT2D eigenvalue weighted by molar-refractivity contribution is 7.85. The molecule has 0 bridgehead atoms. The molecule has 0 radical (unpaired) electrons. The predicted octanol–water partition coefficient (Wildman–Crippen LogP) is 6.43. The molecule has 1 nitrogen and oxygen atoms in total. The van der Waals surface area contributed by atoms with Crippen LogP contribution in [0.25, 0.3) is 0 Å². The van der Waals surface area contributed by atoms with Crippen molar-refractivity contribution in [2.75, 3.05) is 0 Å². The van der Waals surface area contributed by atoms with Gasteiger partial charge in [-0.3, -0.25) is 4.21 Å². The van der Waals surface area contributed by atoms with Gasteiger partial charge in [0.05, 0.1) is 10.5 Å². The lowest BCUT2D eigenvalue weighted by molar-refractivity contribution is 0.366. The van der Waals surface area contributed by atoms with Gasteiger partial charge in [0, 0.05) is 21.9 Å². The molecule has 12 heteroatoms. The molecule has 2 aromatic carbocycles. The third kappa shape index (κ3) is 3.69. The van der Waals surface area contributed by atoms with Gasteiger partial charge in [0.1, 0.15) is 0 Å². The highest BCUT2D eigenvalue weighted by atomic mass is 32.2. The summed E-state index contributed by atoms with van der Waals surface area (Å²) in [7, 11) is -2.86. The molecule has 0 amide bonds. The molecule has 0 saturated heterocycles. The molecule has 0 saturated carbocycles. The van der Waals surface area contributed by atoms with Crippen molar-refractivity contribution in [1.29, 1.82) is 0 Å². The molecular formula is C18H12F10OS. The maximum atomic E-state index is 14.1. The molecule has 30 heavy (non-hydrogen) atoms. The summed E-state index contributed by atoms with van der Waals surface area (Å²) in [5, 5.41) is -4.01. The van der Waals surface area contributed by atoms with E-state index < -0.39 is 103 Å². The van der Waals surface area contributed by atoms with Crippen molar-refractivity contribution < 1.29 is 48.1 Å². The van der Waals surface area contributed by atoms with Crippen LogP contribution in [0.3, 0.4) is 0 Å². The number of hydrogen-bond acceptors (Lipinski definition) is 1. The molecule has 0 fully saturated rings. The summed E-state index contributed by atoms with van der Waals surface area (Å²) < 4.78 is 150. The molecule has 0 aliphatic rings. The van der Waals surface area contributed by atoms with E-state index in [0.717, 1.165) is 13.8 Å². The van der Waals surface area contributed by atoms with Gasteiger partial charge in [-0.2, -0.15) is 0 Å². The van der Waals surface area contributed by atoms with E-state index in [4.69, 9.17) is 0 Å². The third-order valence-electron chi connectivity index (χ3n) is 4.43. The first kappa shape index (κ1) is 24.2. The monoisotopic (exact) mass is 466 g/mol. The normalized spacial score (nSPS) is 14.7. The average Bonchev–Trinajstić information content (AvgIpc) is 2.73. The predicted molar refractivity (Wildman–Crippen MR) is 86.7 cm³/mol. The Morgan fingerprint density at radius 2 is 0.700 bits per heavy atom. The fourth-order valence-corrected chi connectivity index (χ4v) is 4.91. The molecule has 0 aliphatic heterocycles. The Bertz CT molecular complexity index is 885. The Morgan fingerprint density at radius 1 is 0.500 bits per heavy atom. The van der Waals surface area contributed by atoms with E-state index in [1.54, 1.807) is 0 Å². The minimum atomic E-state index is -2.86. The van der Waals surface area contributed by atoms with Crippen LogP contribution in [0, 0.1) is 58.2 Å². The second-order valence-corrected chi connectivity index (χ2v) is 7.88. The number of halogens is 10. The zero-order chi connectivity index (χ0) is 23.1. The highest BCUT2D eigenvalue weighted by Gasteiger charge is 2.38. The molecule has 166 valence electrons. The Balaban J connectivity index is 2.72. The Hall–Kier alpha value is -2.11. The first-order valence-electron chi connectivity index (χ1n) is 8.34. The molecule has 2 atom stereocenters. The van der Waals surface area contributed by atoms with Crippen molar-refractivity contribution in [3.8, 4) is 0 Å². The fraction of sp³-hybridized carbons (Fsp3) is 0.333. The molecule has 0 spiro atoms. The van der Waals surface area contributed by atoms with E-state index in [-0.39, 0.29) is 0 Å². The van der Waals surface area contributed by atoms with Crippen molar-refractivity contribution in [3.05, 3.63) is 69.3 Å². The van der Waals surface area contributed by atoms with E-state index in [9.17, 15) is 48.1 Å². The minimum absolute atomic E-state index is 0.545. The topological polar surface area (TPSA) is 17.1 Å². The van der Waals surface area contributed by atoms with Crippen LogP contribution in [0.15, 0.2) is 0 Å². The SMILES string of the molecule is CCC(c1c(F)c(F)c(F)c(F)c1F)S(=O)C(CC)c1c(F)c(F)c(F)c(F)c1F. The van der Waals surface area contributed by atoms with Gasteiger partial charge in [-0.15, -0.1) is 0 Å². The maximum absolute atomic E-state index is 14.1. The molecule has 0 aromatic heterocycles. The van der Waals surface area contributed by atoms with Crippen LogP contribution in [-0.4, -0.2) is 4.21 Å². The van der Waals surface area contributed by atoms with Crippen LogP contribution in [-0.2, 0) is 10.8 Å². The van der Waals surface area contributed by atoms with Gasteiger partial charge in [-0.25, -0.2) is 43.9 Å². The molecule has 2 rings (SSSR count). The molecule has 2 unspecified atom stereocenters. The summed E-state index contributed by atoms with van der Waals surface area (Å²) in [6.07, 6.45) is -1.09. The van der Waals surface area contributed by atoms with Gasteiger partial charge < -0.3 is 0 Å². The standard InChI is InChI=1S/C18H12F10OS/c1-3-5(7-9(19)13(23)17(27)14(24)10(7)20)30(29)6(4-2)8-11(21)15(25)18(28)16(26)12(8)22/h5-6H,3-4H2,1-2H3. The van der Waals surface area contributed by atoms with Crippen molar-refractivity contribution in [1.82, 2.24) is 0 Å². The molecule has 0 N–H and O–H groups in total. The second-order valence-electron chi connectivity index (χ2n) is 6.09. The minimum Gasteiger partial charge on any atom is -0.258 e. The van der Waals surface area contributed by atoms with E-state index >= 15 is 0 Å². The van der Waals surface area contributed by atoms with E-state index in [0.29, 0.717) is 0 Å². The van der Waals surface area contributed by atoms with E-state index in [2.05, 4.69) is 0 Å². The van der Waals surface area contributed by atoms with E-state index in [1.165, 1.54) is 0 Å². The first-order chi connectivity index (χ1) is 13.9. The molecule has 2 aromatic rings. The van der Waals surface area contributed by atoms with Gasteiger partial charge in [-0.1, -0.05) is 13.8 Å². The van der Waals surface area contributed by atoms with Crippen molar-refractivity contribution in [2.24, 2.45) is 0 Å². The van der Waals surface area contributed by atoms with Crippen molar-refractivity contribution in [2.45, 2.75) is 37.2 Å². The molecular weight excluding hydrogens is 454 g/mol. The smallest absolute Gasteiger partial charge is 0.200 e. The van der Waals surface area contributed by atoms with Crippen LogP contribution in [0.5, 0.6) is 0 Å². The van der Waals surface area contributed by atoms with Gasteiger partial charge in [0.2, 0.25) is 11.6 Å². The van der Waals surface area contributed by atoms with Crippen molar-refractivity contribution >= 4 is 10.8 Å². The third-order valence-corrected chi connectivity index (χ3v) is 6.69. The van der Waals surface area contributed by atoms with Crippen LogP contribution in [0.4, 0.5) is 43.9 Å². The van der Waals surface area contributed by atoms with Gasteiger partial charge in [0.25, 0.3) is 0 Å².